The summed E-state index contributed by atoms with van der Waals surface area (Å²) in [5, 5.41) is 45.7. The van der Waals surface area contributed by atoms with Crippen LogP contribution >= 0.6 is 0 Å². The number of Topliss-reactive ketones (excluding diaryl/α,β-unsaturated/α-hetero) is 1. The van der Waals surface area contributed by atoms with E-state index in [2.05, 4.69) is 0 Å². The lowest BCUT2D eigenvalue weighted by molar-refractivity contribution is -0.266. The maximum atomic E-state index is 13.8. The first-order valence-corrected chi connectivity index (χ1v) is 14.9. The van der Waals surface area contributed by atoms with Crippen molar-refractivity contribution < 1.29 is 58.5 Å². The summed E-state index contributed by atoms with van der Waals surface area (Å²) in [5.41, 5.74) is -3.03. The second kappa shape index (κ2) is 11.7. The number of morpholine rings is 1. The van der Waals surface area contributed by atoms with Gasteiger partial charge in [-0.1, -0.05) is 12.1 Å². The van der Waals surface area contributed by atoms with E-state index in [4.69, 9.17) is 23.7 Å². The fraction of sp³-hybridized carbons (Fsp3) is 0.531. The average molecular weight is 628 g/mol. The molecular formula is C32H37NO12. The summed E-state index contributed by atoms with van der Waals surface area (Å²) in [7, 11) is 2.88. The van der Waals surface area contributed by atoms with Crippen molar-refractivity contribution in [3.63, 3.8) is 0 Å². The van der Waals surface area contributed by atoms with Crippen molar-refractivity contribution in [1.82, 2.24) is 4.90 Å². The third-order valence-corrected chi connectivity index (χ3v) is 9.52. The molecule has 4 N–H and O–H groups in total. The molecule has 6 rings (SSSR count). The molecule has 4 aliphatic rings. The number of ether oxygens (including phenoxy) is 5. The smallest absolute Gasteiger partial charge is 0.202 e. The quantitative estimate of drug-likeness (QED) is 0.288. The van der Waals surface area contributed by atoms with Gasteiger partial charge < -0.3 is 44.1 Å². The number of aliphatic hydroxyl groups excluding tert-OH is 1. The van der Waals surface area contributed by atoms with Crippen molar-refractivity contribution in [2.45, 2.75) is 75.6 Å². The molecule has 2 aromatic rings. The molecule has 5 unspecified atom stereocenters. The standard InChI is InChI=1S/C32H37NO12/c1-14-27(35)18(33-8-9-43-22(13-33)42-4)10-21(44-14)45-20-12-32(40,15(2)34)11-17-24(20)31(39)26-25(29(17)37)28(36)16-6-5-7-19(41-3)23(16)30(26)38/h5-7,14,18,20-22,27,35,37,39-40H,8-13H2,1-4H3/t14?,18?,20-,21?,22?,27?,32-/m0/s1. The first-order chi connectivity index (χ1) is 21.4. The summed E-state index contributed by atoms with van der Waals surface area (Å²) in [4.78, 5) is 42.3. The molecule has 0 saturated carbocycles. The van der Waals surface area contributed by atoms with Crippen LogP contribution in [0.25, 0.3) is 0 Å². The third kappa shape index (κ3) is 5.12. The molecule has 2 aromatic carbocycles. The van der Waals surface area contributed by atoms with Crippen molar-refractivity contribution >= 4 is 17.3 Å². The van der Waals surface area contributed by atoms with Crippen LogP contribution in [0.3, 0.4) is 0 Å². The number of benzene rings is 2. The Bertz CT molecular complexity index is 1560. The Hall–Kier alpha value is -3.43. The Morgan fingerprint density at radius 1 is 1.07 bits per heavy atom. The highest BCUT2D eigenvalue weighted by Gasteiger charge is 2.50. The molecule has 2 aliphatic heterocycles. The van der Waals surface area contributed by atoms with E-state index in [1.807, 2.05) is 4.90 Å². The van der Waals surface area contributed by atoms with Crippen LogP contribution in [0.2, 0.25) is 0 Å². The number of hydrogen-bond acceptors (Lipinski definition) is 13. The monoisotopic (exact) mass is 627 g/mol. The summed E-state index contributed by atoms with van der Waals surface area (Å²) in [6.07, 6.45) is -4.84. The summed E-state index contributed by atoms with van der Waals surface area (Å²) in [5.74, 6) is -3.15. The molecule has 13 nitrogen and oxygen atoms in total. The summed E-state index contributed by atoms with van der Waals surface area (Å²) in [6.45, 7) is 4.21. The highest BCUT2D eigenvalue weighted by atomic mass is 16.7. The van der Waals surface area contributed by atoms with Crippen LogP contribution in [0.1, 0.15) is 75.8 Å². The van der Waals surface area contributed by atoms with E-state index in [-0.39, 0.29) is 40.8 Å². The topological polar surface area (TPSA) is 182 Å². The van der Waals surface area contributed by atoms with Crippen molar-refractivity contribution in [2.75, 3.05) is 33.9 Å². The number of aromatic hydroxyl groups is 2. The van der Waals surface area contributed by atoms with Crippen LogP contribution in [0, 0.1) is 0 Å². The van der Waals surface area contributed by atoms with E-state index in [1.165, 1.54) is 39.3 Å². The van der Waals surface area contributed by atoms with E-state index >= 15 is 0 Å². The van der Waals surface area contributed by atoms with E-state index < -0.39 is 88.9 Å². The Kier molecular flexibility index (Phi) is 8.23. The van der Waals surface area contributed by atoms with Crippen LogP contribution < -0.4 is 4.74 Å². The summed E-state index contributed by atoms with van der Waals surface area (Å²) in [6, 6.07) is 4.04. The molecular weight excluding hydrogens is 590 g/mol. The normalized spacial score (nSPS) is 31.6. The molecule has 0 bridgehead atoms. The lowest BCUT2D eigenvalue weighted by Gasteiger charge is -2.47. The zero-order chi connectivity index (χ0) is 32.4. The Labute approximate surface area is 259 Å². The Balaban J connectivity index is 1.42. The highest BCUT2D eigenvalue weighted by Crippen LogP contribution is 2.52. The number of carbonyl (C=O) groups excluding carboxylic acids is 3. The van der Waals surface area contributed by atoms with Crippen molar-refractivity contribution in [1.29, 1.82) is 0 Å². The number of fused-ring (bicyclic) bond motifs is 3. The number of phenols is 2. The van der Waals surface area contributed by atoms with Crippen molar-refractivity contribution in [3.8, 4) is 17.2 Å². The lowest BCUT2D eigenvalue weighted by atomic mass is 9.72. The molecule has 2 fully saturated rings. The minimum Gasteiger partial charge on any atom is -0.507 e. The van der Waals surface area contributed by atoms with Crippen molar-refractivity contribution in [2.24, 2.45) is 0 Å². The predicted molar refractivity (Wildman–Crippen MR) is 154 cm³/mol. The van der Waals surface area contributed by atoms with Gasteiger partial charge in [-0.2, -0.15) is 0 Å². The minimum atomic E-state index is -2.02. The average Bonchev–Trinajstić information content (AvgIpc) is 3.02. The molecule has 2 saturated heterocycles. The molecule has 0 radical (unpaired) electrons. The molecule has 7 atom stereocenters. The number of nitrogens with zero attached hydrogens (tertiary/aromatic N) is 1. The number of hydrogen-bond donors (Lipinski definition) is 4. The number of ketones is 3. The maximum absolute atomic E-state index is 13.8. The number of phenolic OH excluding ortho intramolecular Hbond substituents is 2. The number of carbonyl (C=O) groups is 3. The van der Waals surface area contributed by atoms with Crippen LogP contribution in [-0.2, 0) is 30.2 Å². The Morgan fingerprint density at radius 2 is 1.80 bits per heavy atom. The van der Waals surface area contributed by atoms with E-state index in [1.54, 1.807) is 6.92 Å². The van der Waals surface area contributed by atoms with E-state index in [0.29, 0.717) is 19.7 Å². The van der Waals surface area contributed by atoms with Gasteiger partial charge in [0.05, 0.1) is 48.7 Å². The SMILES string of the molecule is COc1cccc2c1C(=O)c1c(O)c3c(c(O)c1C2=O)C[C@@](O)(C(C)=O)C[C@@H]3OC1CC(N2CCOC(OC)C2)C(O)C(C)O1. The van der Waals surface area contributed by atoms with Crippen LogP contribution in [-0.4, -0.2) is 113 Å². The second-order valence-electron chi connectivity index (χ2n) is 12.1. The largest absolute Gasteiger partial charge is 0.507 e. The molecule has 2 aliphatic carbocycles. The zero-order valence-corrected chi connectivity index (χ0v) is 25.4. The second-order valence-corrected chi connectivity index (χ2v) is 12.1. The lowest BCUT2D eigenvalue weighted by Crippen LogP contribution is -2.59. The van der Waals surface area contributed by atoms with Gasteiger partial charge in [0.2, 0.25) is 5.78 Å². The third-order valence-electron chi connectivity index (χ3n) is 9.52. The maximum Gasteiger partial charge on any atom is 0.202 e. The van der Waals surface area contributed by atoms with Crippen LogP contribution in [0.5, 0.6) is 17.2 Å². The molecule has 45 heavy (non-hydrogen) atoms. The zero-order valence-electron chi connectivity index (χ0n) is 25.4. The van der Waals surface area contributed by atoms with Gasteiger partial charge in [-0.3, -0.25) is 19.3 Å². The summed E-state index contributed by atoms with van der Waals surface area (Å²) >= 11 is 0. The predicted octanol–water partition coefficient (Wildman–Crippen LogP) is 1.37. The van der Waals surface area contributed by atoms with Gasteiger partial charge in [0.1, 0.15) is 22.8 Å². The minimum absolute atomic E-state index is 0.0139. The fourth-order valence-corrected chi connectivity index (χ4v) is 7.04. The van der Waals surface area contributed by atoms with Crippen molar-refractivity contribution in [3.05, 3.63) is 51.6 Å². The summed E-state index contributed by atoms with van der Waals surface area (Å²) < 4.78 is 28.6. The van der Waals surface area contributed by atoms with Gasteiger partial charge in [0, 0.05) is 62.2 Å². The van der Waals surface area contributed by atoms with Gasteiger partial charge in [-0.25, -0.2) is 0 Å². The van der Waals surface area contributed by atoms with E-state index in [9.17, 15) is 34.8 Å². The van der Waals surface area contributed by atoms with Gasteiger partial charge in [0.15, 0.2) is 24.1 Å². The number of methoxy groups -OCH3 is 2. The fourth-order valence-electron chi connectivity index (χ4n) is 7.04. The van der Waals surface area contributed by atoms with E-state index in [0.717, 1.165) is 0 Å². The molecule has 0 aromatic heterocycles. The molecule has 0 amide bonds. The molecule has 13 heteroatoms. The number of rotatable bonds is 6. The van der Waals surface area contributed by atoms with Crippen LogP contribution in [0.4, 0.5) is 0 Å². The van der Waals surface area contributed by atoms with Gasteiger partial charge in [-0.05, 0) is 19.9 Å². The molecule has 242 valence electrons. The van der Waals surface area contributed by atoms with Crippen LogP contribution in [0.15, 0.2) is 18.2 Å². The van der Waals surface area contributed by atoms with Gasteiger partial charge in [0.25, 0.3) is 0 Å². The first kappa shape index (κ1) is 31.5. The first-order valence-electron chi connectivity index (χ1n) is 14.9. The Morgan fingerprint density at radius 3 is 2.49 bits per heavy atom. The molecule has 2 heterocycles. The number of aliphatic hydroxyl groups is 2. The highest BCUT2D eigenvalue weighted by molar-refractivity contribution is 6.31. The molecule has 0 spiro atoms. The van der Waals surface area contributed by atoms with Gasteiger partial charge in [-0.15, -0.1) is 0 Å². The van der Waals surface area contributed by atoms with Gasteiger partial charge >= 0.3 is 0 Å².